The lowest BCUT2D eigenvalue weighted by Crippen LogP contribution is -2.49. The fourth-order valence-electron chi connectivity index (χ4n) is 6.19. The Morgan fingerprint density at radius 1 is 1.30 bits per heavy atom. The van der Waals surface area contributed by atoms with Crippen LogP contribution in [0.1, 0.15) is 99.3 Å². The lowest BCUT2D eigenvalue weighted by molar-refractivity contribution is -0.145. The third kappa shape index (κ3) is 5.48. The zero-order chi connectivity index (χ0) is 20.2. The number of carbonyl (C=O) groups excluding carboxylic acids is 1. The van der Waals surface area contributed by atoms with Gasteiger partial charge in [0.05, 0.1) is 6.10 Å². The predicted molar refractivity (Wildman–Crippen MR) is 115 cm³/mol. The van der Waals surface area contributed by atoms with Crippen molar-refractivity contribution in [1.29, 1.82) is 0 Å². The Balaban J connectivity index is 1.93. The molecule has 0 aromatic heterocycles. The molecule has 2 fully saturated rings. The number of ether oxygens (including phenoxy) is 1. The van der Waals surface area contributed by atoms with Crippen LogP contribution in [0.25, 0.3) is 0 Å². The molecule has 0 unspecified atom stereocenters. The van der Waals surface area contributed by atoms with Crippen LogP contribution in [0.5, 0.6) is 0 Å². The van der Waals surface area contributed by atoms with E-state index in [2.05, 4.69) is 40.3 Å². The van der Waals surface area contributed by atoms with Gasteiger partial charge in [-0.1, -0.05) is 51.0 Å². The molecule has 2 heteroatoms. The molecule has 0 aliphatic heterocycles. The number of carbonyl (C=O) groups is 1. The SMILES string of the molecule is C=C1CC[C@H]2C(C)(C)CCC[C@@]2(C)[C@H]1CC/C(C)=C/CC[C@H](C)OC(C)=O. The lowest BCUT2D eigenvalue weighted by atomic mass is 9.47. The molecule has 2 aliphatic rings. The summed E-state index contributed by atoms with van der Waals surface area (Å²) in [6.07, 6.45) is 13.3. The van der Waals surface area contributed by atoms with Crippen molar-refractivity contribution in [2.24, 2.45) is 22.7 Å². The molecule has 154 valence electrons. The highest BCUT2D eigenvalue weighted by atomic mass is 16.5. The summed E-state index contributed by atoms with van der Waals surface area (Å²) in [5.41, 5.74) is 3.88. The first-order valence-electron chi connectivity index (χ1n) is 11.1. The average Bonchev–Trinajstić information content (AvgIpc) is 2.52. The Morgan fingerprint density at radius 3 is 2.67 bits per heavy atom. The highest BCUT2D eigenvalue weighted by Gasteiger charge is 2.52. The summed E-state index contributed by atoms with van der Waals surface area (Å²) in [6, 6.07) is 0. The predicted octanol–water partition coefficient (Wildman–Crippen LogP) is 7.24. The van der Waals surface area contributed by atoms with Crippen LogP contribution in [-0.2, 0) is 9.53 Å². The van der Waals surface area contributed by atoms with E-state index in [0.29, 0.717) is 16.7 Å². The second-order valence-electron chi connectivity index (χ2n) is 10.2. The van der Waals surface area contributed by atoms with E-state index in [1.165, 1.54) is 56.6 Å². The molecule has 0 aromatic rings. The van der Waals surface area contributed by atoms with E-state index < -0.39 is 0 Å². The van der Waals surface area contributed by atoms with E-state index in [1.807, 2.05) is 6.92 Å². The number of hydrogen-bond acceptors (Lipinski definition) is 2. The Morgan fingerprint density at radius 2 is 2.00 bits per heavy atom. The van der Waals surface area contributed by atoms with E-state index in [-0.39, 0.29) is 12.1 Å². The Kier molecular flexibility index (Phi) is 7.39. The molecular formula is C25H42O2. The molecular weight excluding hydrogens is 332 g/mol. The van der Waals surface area contributed by atoms with Crippen LogP contribution in [0.15, 0.2) is 23.8 Å². The number of rotatable bonds is 7. The van der Waals surface area contributed by atoms with Crippen molar-refractivity contribution in [3.8, 4) is 0 Å². The molecule has 2 rings (SSSR count). The quantitative estimate of drug-likeness (QED) is 0.346. The van der Waals surface area contributed by atoms with Crippen molar-refractivity contribution >= 4 is 5.97 Å². The standard InChI is InChI=1S/C25H42O2/c1-18(10-8-11-20(3)27-21(4)26)12-14-22-19(2)13-15-23-24(5,6)16-9-17-25(22,23)7/h10,20,22-23H,2,8-9,11-17H2,1,3-7H3/b18-10+/t20-,22-,23-,25-/m0/s1. The van der Waals surface area contributed by atoms with Gasteiger partial charge in [-0.05, 0) is 87.9 Å². The molecule has 0 N–H and O–H groups in total. The molecule has 4 atom stereocenters. The third-order valence-corrected chi connectivity index (χ3v) is 7.58. The molecule has 2 nitrogen and oxygen atoms in total. The molecule has 27 heavy (non-hydrogen) atoms. The molecule has 0 spiro atoms. The highest BCUT2D eigenvalue weighted by Crippen LogP contribution is 2.61. The largest absolute Gasteiger partial charge is 0.463 e. The van der Waals surface area contributed by atoms with E-state index in [9.17, 15) is 4.79 Å². The van der Waals surface area contributed by atoms with E-state index >= 15 is 0 Å². The number of hydrogen-bond donors (Lipinski definition) is 0. The summed E-state index contributed by atoms with van der Waals surface area (Å²) in [5.74, 6) is 1.32. The highest BCUT2D eigenvalue weighted by molar-refractivity contribution is 5.66. The molecule has 0 radical (unpaired) electrons. The summed E-state index contributed by atoms with van der Waals surface area (Å²) >= 11 is 0. The Bertz CT molecular complexity index is 571. The van der Waals surface area contributed by atoms with Gasteiger partial charge in [0.1, 0.15) is 0 Å². The smallest absolute Gasteiger partial charge is 0.302 e. The first kappa shape index (κ1) is 22.2. The fourth-order valence-corrected chi connectivity index (χ4v) is 6.19. The first-order valence-corrected chi connectivity index (χ1v) is 11.1. The minimum absolute atomic E-state index is 0.00816. The minimum Gasteiger partial charge on any atom is -0.463 e. The minimum atomic E-state index is -0.183. The molecule has 2 aliphatic carbocycles. The second kappa shape index (κ2) is 8.97. The average molecular weight is 375 g/mol. The maximum atomic E-state index is 11.0. The number of esters is 1. The van der Waals surface area contributed by atoms with Gasteiger partial charge in [0.25, 0.3) is 0 Å². The summed E-state index contributed by atoms with van der Waals surface area (Å²) in [4.78, 5) is 11.0. The molecule has 0 saturated heterocycles. The zero-order valence-electron chi connectivity index (χ0n) is 18.7. The monoisotopic (exact) mass is 374 g/mol. The topological polar surface area (TPSA) is 26.3 Å². The van der Waals surface area contributed by atoms with Gasteiger partial charge in [0.2, 0.25) is 0 Å². The third-order valence-electron chi connectivity index (χ3n) is 7.58. The van der Waals surface area contributed by atoms with Gasteiger partial charge >= 0.3 is 5.97 Å². The summed E-state index contributed by atoms with van der Waals surface area (Å²) in [7, 11) is 0. The number of fused-ring (bicyclic) bond motifs is 1. The molecule has 0 heterocycles. The van der Waals surface area contributed by atoms with Gasteiger partial charge in [-0.25, -0.2) is 0 Å². The van der Waals surface area contributed by atoms with Crippen LogP contribution in [0, 0.1) is 22.7 Å². The van der Waals surface area contributed by atoms with E-state index in [4.69, 9.17) is 4.74 Å². The van der Waals surface area contributed by atoms with E-state index in [1.54, 1.807) is 0 Å². The van der Waals surface area contributed by atoms with Crippen LogP contribution in [-0.4, -0.2) is 12.1 Å². The Labute approximate surface area is 167 Å². The van der Waals surface area contributed by atoms with Crippen LogP contribution in [0.4, 0.5) is 0 Å². The maximum absolute atomic E-state index is 11.0. The zero-order valence-corrected chi connectivity index (χ0v) is 18.7. The van der Waals surface area contributed by atoms with Gasteiger partial charge in [-0.2, -0.15) is 0 Å². The van der Waals surface area contributed by atoms with Crippen molar-refractivity contribution in [3.63, 3.8) is 0 Å². The van der Waals surface area contributed by atoms with Crippen LogP contribution in [0.2, 0.25) is 0 Å². The first-order chi connectivity index (χ1) is 12.6. The van der Waals surface area contributed by atoms with Gasteiger partial charge < -0.3 is 4.74 Å². The lowest BCUT2D eigenvalue weighted by Gasteiger charge is -2.58. The van der Waals surface area contributed by atoms with Crippen LogP contribution < -0.4 is 0 Å². The molecule has 0 amide bonds. The Hall–Kier alpha value is -1.05. The molecule has 2 saturated carbocycles. The molecule has 0 aromatic carbocycles. The summed E-state index contributed by atoms with van der Waals surface area (Å²) in [6.45, 7) is 17.8. The normalized spacial score (nSPS) is 31.9. The van der Waals surface area contributed by atoms with Crippen molar-refractivity contribution in [2.45, 2.75) is 105 Å². The van der Waals surface area contributed by atoms with E-state index in [0.717, 1.165) is 25.2 Å². The van der Waals surface area contributed by atoms with Crippen molar-refractivity contribution < 1.29 is 9.53 Å². The summed E-state index contributed by atoms with van der Waals surface area (Å²) in [5, 5.41) is 0. The fraction of sp³-hybridized carbons (Fsp3) is 0.800. The van der Waals surface area contributed by atoms with Gasteiger partial charge in [-0.3, -0.25) is 4.79 Å². The van der Waals surface area contributed by atoms with Gasteiger partial charge in [0, 0.05) is 6.92 Å². The van der Waals surface area contributed by atoms with Gasteiger partial charge in [-0.15, -0.1) is 0 Å². The number of allylic oxidation sites excluding steroid dienone is 3. The van der Waals surface area contributed by atoms with Crippen LogP contribution in [0.3, 0.4) is 0 Å². The maximum Gasteiger partial charge on any atom is 0.302 e. The van der Waals surface area contributed by atoms with Crippen LogP contribution >= 0.6 is 0 Å². The van der Waals surface area contributed by atoms with Crippen molar-refractivity contribution in [3.05, 3.63) is 23.8 Å². The summed E-state index contributed by atoms with van der Waals surface area (Å²) < 4.78 is 5.21. The van der Waals surface area contributed by atoms with Crippen molar-refractivity contribution in [2.75, 3.05) is 0 Å². The van der Waals surface area contributed by atoms with Gasteiger partial charge in [0.15, 0.2) is 0 Å². The van der Waals surface area contributed by atoms with Crippen molar-refractivity contribution in [1.82, 2.24) is 0 Å². The molecule has 0 bridgehead atoms. The second-order valence-corrected chi connectivity index (χ2v) is 10.2.